The zero-order valence-electron chi connectivity index (χ0n) is 20.3. The van der Waals surface area contributed by atoms with Crippen LogP contribution in [0.5, 0.6) is 5.88 Å². The van der Waals surface area contributed by atoms with E-state index in [4.69, 9.17) is 4.74 Å². The standard InChI is InChI=1S/C28H23F3N2O4S/c1-2-37-27(36)23-20-12-5-6-13-22(20)38-26(23)33-24(34)19-11-4-3-10-18(19)21(25(33)35)15-32-17-9-7-8-16(14-17)28(29,30)31/h3-4,7-11,14-15,35H,2,5-6,12-13H2,1H3. The minimum atomic E-state index is -4.53. The summed E-state index contributed by atoms with van der Waals surface area (Å²) in [5, 5.41) is 12.3. The molecule has 38 heavy (non-hydrogen) atoms. The van der Waals surface area contributed by atoms with Gasteiger partial charge in [-0.2, -0.15) is 13.2 Å². The Hall–Kier alpha value is -3.92. The third-order valence-electron chi connectivity index (χ3n) is 6.46. The molecular weight excluding hydrogens is 517 g/mol. The number of carbonyl (C=O) groups excluding carboxylic acids is 1. The Balaban J connectivity index is 1.74. The van der Waals surface area contributed by atoms with E-state index in [0.29, 0.717) is 11.8 Å². The van der Waals surface area contributed by atoms with Crippen LogP contribution in [0.25, 0.3) is 15.8 Å². The average molecular weight is 541 g/mol. The molecule has 10 heteroatoms. The molecule has 0 amide bonds. The van der Waals surface area contributed by atoms with Gasteiger partial charge in [-0.05, 0) is 62.4 Å². The van der Waals surface area contributed by atoms with Crippen molar-refractivity contribution in [3.05, 3.63) is 86.0 Å². The maximum atomic E-state index is 13.7. The molecule has 0 bridgehead atoms. The smallest absolute Gasteiger partial charge is 0.416 e. The molecule has 196 valence electrons. The predicted molar refractivity (Wildman–Crippen MR) is 140 cm³/mol. The van der Waals surface area contributed by atoms with Crippen LogP contribution in [0.2, 0.25) is 0 Å². The second-order valence-electron chi connectivity index (χ2n) is 8.84. The summed E-state index contributed by atoms with van der Waals surface area (Å²) in [5.74, 6) is -1.03. The summed E-state index contributed by atoms with van der Waals surface area (Å²) in [7, 11) is 0. The van der Waals surface area contributed by atoms with E-state index in [9.17, 15) is 27.9 Å². The first-order chi connectivity index (χ1) is 18.2. The van der Waals surface area contributed by atoms with Gasteiger partial charge < -0.3 is 9.84 Å². The van der Waals surface area contributed by atoms with Crippen molar-refractivity contribution in [3.8, 4) is 10.9 Å². The maximum Gasteiger partial charge on any atom is 0.416 e. The number of hydrogen-bond donors (Lipinski definition) is 1. The van der Waals surface area contributed by atoms with Crippen LogP contribution in [0.1, 0.15) is 51.7 Å². The van der Waals surface area contributed by atoms with Gasteiger partial charge in [0.15, 0.2) is 0 Å². The highest BCUT2D eigenvalue weighted by Gasteiger charge is 2.31. The Morgan fingerprint density at radius 1 is 1.13 bits per heavy atom. The van der Waals surface area contributed by atoms with E-state index in [-0.39, 0.29) is 33.8 Å². The molecule has 0 unspecified atom stereocenters. The molecular formula is C28H23F3N2O4S. The molecule has 0 fully saturated rings. The van der Waals surface area contributed by atoms with Crippen LogP contribution in [0, 0.1) is 0 Å². The quantitative estimate of drug-likeness (QED) is 0.229. The highest BCUT2D eigenvalue weighted by Crippen LogP contribution is 2.39. The Labute approximate surface area is 219 Å². The van der Waals surface area contributed by atoms with Crippen molar-refractivity contribution < 1.29 is 27.8 Å². The van der Waals surface area contributed by atoms with Crippen LogP contribution >= 0.6 is 11.3 Å². The molecule has 1 aliphatic rings. The van der Waals surface area contributed by atoms with E-state index >= 15 is 0 Å². The van der Waals surface area contributed by atoms with E-state index in [1.165, 1.54) is 29.7 Å². The van der Waals surface area contributed by atoms with Crippen molar-refractivity contribution in [3.63, 3.8) is 0 Å². The monoisotopic (exact) mass is 540 g/mol. The average Bonchev–Trinajstić information content (AvgIpc) is 3.27. The number of benzene rings is 2. The summed E-state index contributed by atoms with van der Waals surface area (Å²) in [4.78, 5) is 31.9. The summed E-state index contributed by atoms with van der Waals surface area (Å²) in [5.41, 5.74) is -0.125. The van der Waals surface area contributed by atoms with Crippen LogP contribution in [-0.4, -0.2) is 28.5 Å². The van der Waals surface area contributed by atoms with Crippen molar-refractivity contribution in [2.45, 2.75) is 38.8 Å². The number of aromatic nitrogens is 1. The topological polar surface area (TPSA) is 80.9 Å². The number of esters is 1. The van der Waals surface area contributed by atoms with Gasteiger partial charge in [-0.3, -0.25) is 9.79 Å². The number of aryl methyl sites for hydroxylation is 1. The van der Waals surface area contributed by atoms with Crippen molar-refractivity contribution in [2.24, 2.45) is 4.99 Å². The van der Waals surface area contributed by atoms with Gasteiger partial charge in [-0.15, -0.1) is 11.3 Å². The van der Waals surface area contributed by atoms with Gasteiger partial charge >= 0.3 is 12.1 Å². The molecule has 5 rings (SSSR count). The number of alkyl halides is 3. The molecule has 1 N–H and O–H groups in total. The molecule has 2 aromatic heterocycles. The van der Waals surface area contributed by atoms with E-state index in [1.807, 2.05) is 0 Å². The number of ether oxygens (including phenoxy) is 1. The first-order valence-electron chi connectivity index (χ1n) is 12.1. The molecule has 0 saturated heterocycles. The van der Waals surface area contributed by atoms with Crippen LogP contribution in [-0.2, 0) is 23.8 Å². The minimum Gasteiger partial charge on any atom is -0.494 e. The lowest BCUT2D eigenvalue weighted by molar-refractivity contribution is -0.137. The second-order valence-corrected chi connectivity index (χ2v) is 9.92. The number of fused-ring (bicyclic) bond motifs is 2. The molecule has 0 saturated carbocycles. The third-order valence-corrected chi connectivity index (χ3v) is 7.73. The number of thiophene rings is 1. The van der Waals surface area contributed by atoms with E-state index in [0.717, 1.165) is 46.4 Å². The number of halogens is 3. The maximum absolute atomic E-state index is 13.7. The number of aromatic hydroxyl groups is 1. The lowest BCUT2D eigenvalue weighted by Crippen LogP contribution is -2.22. The Kier molecular flexibility index (Phi) is 6.83. The molecule has 1 aliphatic carbocycles. The third kappa shape index (κ3) is 4.60. The van der Waals surface area contributed by atoms with Gasteiger partial charge in [0.05, 0.1) is 29.0 Å². The van der Waals surface area contributed by atoms with E-state index < -0.39 is 29.1 Å². The molecule has 2 heterocycles. The Morgan fingerprint density at radius 3 is 2.61 bits per heavy atom. The second kappa shape index (κ2) is 10.1. The summed E-state index contributed by atoms with van der Waals surface area (Å²) in [6.45, 7) is 1.84. The van der Waals surface area contributed by atoms with Crippen molar-refractivity contribution >= 4 is 40.0 Å². The number of aliphatic imine (C=N–C) groups is 1. The van der Waals surface area contributed by atoms with Crippen molar-refractivity contribution in [2.75, 3.05) is 6.61 Å². The summed E-state index contributed by atoms with van der Waals surface area (Å²) < 4.78 is 45.9. The number of nitrogens with zero attached hydrogens (tertiary/aromatic N) is 2. The fourth-order valence-corrected chi connectivity index (χ4v) is 6.08. The number of hydrogen-bond acceptors (Lipinski definition) is 6. The van der Waals surface area contributed by atoms with Gasteiger partial charge in [0.25, 0.3) is 5.56 Å². The van der Waals surface area contributed by atoms with Crippen molar-refractivity contribution in [1.29, 1.82) is 0 Å². The van der Waals surface area contributed by atoms with E-state index in [2.05, 4.69) is 4.99 Å². The van der Waals surface area contributed by atoms with Crippen LogP contribution in [0.3, 0.4) is 0 Å². The zero-order chi connectivity index (χ0) is 27.0. The number of pyridine rings is 1. The molecule has 0 radical (unpaired) electrons. The SMILES string of the molecule is CCOC(=O)c1c(-n2c(O)c(C=Nc3cccc(C(F)(F)F)c3)c3ccccc3c2=O)sc2c1CCCC2. The first kappa shape index (κ1) is 25.7. The molecule has 4 aromatic rings. The molecule has 0 aliphatic heterocycles. The van der Waals surface area contributed by atoms with Gasteiger partial charge in [0, 0.05) is 21.9 Å². The fraction of sp³-hybridized carbons (Fsp3) is 0.250. The zero-order valence-corrected chi connectivity index (χ0v) is 21.2. The normalized spacial score (nSPS) is 13.7. The predicted octanol–water partition coefficient (Wildman–Crippen LogP) is 6.58. The fourth-order valence-electron chi connectivity index (χ4n) is 4.70. The van der Waals surface area contributed by atoms with Gasteiger partial charge in [0.2, 0.25) is 5.88 Å². The highest BCUT2D eigenvalue weighted by molar-refractivity contribution is 7.15. The summed E-state index contributed by atoms with van der Waals surface area (Å²) in [6.07, 6.45) is -0.0475. The molecule has 0 atom stereocenters. The van der Waals surface area contributed by atoms with Gasteiger partial charge in [-0.1, -0.05) is 24.3 Å². The summed E-state index contributed by atoms with van der Waals surface area (Å²) >= 11 is 1.27. The van der Waals surface area contributed by atoms with Crippen molar-refractivity contribution in [1.82, 2.24) is 4.57 Å². The van der Waals surface area contributed by atoms with Gasteiger partial charge in [0.1, 0.15) is 5.00 Å². The van der Waals surface area contributed by atoms with Crippen LogP contribution in [0.4, 0.5) is 18.9 Å². The lowest BCUT2D eigenvalue weighted by Gasteiger charge is -2.15. The minimum absolute atomic E-state index is 0.0276. The largest absolute Gasteiger partial charge is 0.494 e. The van der Waals surface area contributed by atoms with Crippen LogP contribution < -0.4 is 5.56 Å². The lowest BCUT2D eigenvalue weighted by atomic mass is 9.95. The number of rotatable bonds is 5. The van der Waals surface area contributed by atoms with Crippen LogP contribution in [0.15, 0.2) is 58.3 Å². The Bertz CT molecular complexity index is 1640. The molecule has 2 aromatic carbocycles. The molecule has 0 spiro atoms. The van der Waals surface area contributed by atoms with E-state index in [1.54, 1.807) is 31.2 Å². The highest BCUT2D eigenvalue weighted by atomic mass is 32.1. The molecule has 6 nitrogen and oxygen atoms in total. The Morgan fingerprint density at radius 2 is 1.87 bits per heavy atom. The number of carbonyl (C=O) groups is 1. The van der Waals surface area contributed by atoms with Gasteiger partial charge in [-0.25, -0.2) is 9.36 Å². The first-order valence-corrected chi connectivity index (χ1v) is 12.9. The summed E-state index contributed by atoms with van der Waals surface area (Å²) in [6, 6.07) is 11.1.